The molecule has 0 saturated carbocycles. The first-order chi connectivity index (χ1) is 18.3. The number of piperidine rings is 1. The number of nitro benzene ring substituents is 1. The van der Waals surface area contributed by atoms with Gasteiger partial charge in [-0.3, -0.25) is 19.7 Å². The molecule has 5 heterocycles. The smallest absolute Gasteiger partial charge is 0.269 e. The second-order valence-electron chi connectivity index (χ2n) is 11.0. The van der Waals surface area contributed by atoms with Crippen LogP contribution in [0.3, 0.4) is 0 Å². The van der Waals surface area contributed by atoms with E-state index in [-0.39, 0.29) is 45.9 Å². The summed E-state index contributed by atoms with van der Waals surface area (Å²) in [5, 5.41) is 17.7. The third-order valence-corrected chi connectivity index (χ3v) is 9.26. The second kappa shape index (κ2) is 9.65. The lowest BCUT2D eigenvalue weighted by Gasteiger charge is -2.54. The minimum absolute atomic E-state index is 0.00250. The van der Waals surface area contributed by atoms with Crippen LogP contribution in [0, 0.1) is 22.0 Å². The first kappa shape index (κ1) is 24.8. The van der Waals surface area contributed by atoms with Gasteiger partial charge in [-0.1, -0.05) is 19.9 Å². The molecule has 2 bridgehead atoms. The Hall–Kier alpha value is -3.53. The van der Waals surface area contributed by atoms with E-state index in [9.17, 15) is 19.7 Å². The Balaban J connectivity index is 1.29. The topological polar surface area (TPSA) is 110 Å². The van der Waals surface area contributed by atoms with Gasteiger partial charge >= 0.3 is 0 Å². The van der Waals surface area contributed by atoms with Crippen molar-refractivity contribution in [3.63, 3.8) is 0 Å². The maximum atomic E-state index is 13.7. The number of nitro groups is 1. The Morgan fingerprint density at radius 2 is 2.11 bits per heavy atom. The zero-order valence-electron chi connectivity index (χ0n) is 21.5. The number of hydrogen-bond acceptors (Lipinski definition) is 7. The fraction of sp³-hybridized carbons (Fsp3) is 0.464. The van der Waals surface area contributed by atoms with Gasteiger partial charge in [0, 0.05) is 73.0 Å². The van der Waals surface area contributed by atoms with Gasteiger partial charge in [0.1, 0.15) is 0 Å². The number of rotatable bonds is 6. The van der Waals surface area contributed by atoms with Crippen molar-refractivity contribution in [2.45, 2.75) is 57.5 Å². The van der Waals surface area contributed by atoms with Gasteiger partial charge in [-0.2, -0.15) is 0 Å². The molecule has 38 heavy (non-hydrogen) atoms. The quantitative estimate of drug-likeness (QED) is 0.381. The summed E-state index contributed by atoms with van der Waals surface area (Å²) in [6.07, 6.45) is 2.03. The Kier molecular flexibility index (Phi) is 6.29. The number of benzene rings is 1. The highest BCUT2D eigenvalue weighted by Gasteiger charge is 2.49. The van der Waals surface area contributed by atoms with Crippen molar-refractivity contribution in [2.24, 2.45) is 11.8 Å². The number of pyridine rings is 1. The molecule has 1 amide bonds. The van der Waals surface area contributed by atoms with E-state index in [0.717, 1.165) is 34.1 Å². The number of carbonyl (C=O) groups is 1. The van der Waals surface area contributed by atoms with E-state index in [1.807, 2.05) is 22.8 Å². The van der Waals surface area contributed by atoms with Crippen molar-refractivity contribution in [1.82, 2.24) is 14.9 Å². The average Bonchev–Trinajstić information content (AvgIpc) is 3.38. The highest BCUT2D eigenvalue weighted by Crippen LogP contribution is 2.47. The monoisotopic (exact) mass is 533 g/mol. The Morgan fingerprint density at radius 3 is 2.87 bits per heavy atom. The van der Waals surface area contributed by atoms with Crippen LogP contribution in [0.15, 0.2) is 46.6 Å². The number of non-ortho nitro benzene ring substituents is 1. The summed E-state index contributed by atoms with van der Waals surface area (Å²) in [5.74, 6) is 0.272. The fourth-order valence-corrected chi connectivity index (χ4v) is 7.54. The van der Waals surface area contributed by atoms with E-state index in [1.54, 1.807) is 29.5 Å². The van der Waals surface area contributed by atoms with Gasteiger partial charge in [-0.25, -0.2) is 4.98 Å². The van der Waals surface area contributed by atoms with Gasteiger partial charge in [0.15, 0.2) is 0 Å². The molecule has 2 unspecified atom stereocenters. The van der Waals surface area contributed by atoms with Crippen LogP contribution in [-0.2, 0) is 24.2 Å². The molecule has 2 aromatic heterocycles. The number of thiazole rings is 1. The molecule has 1 aromatic carbocycles. The Bertz CT molecular complexity index is 1460. The summed E-state index contributed by atoms with van der Waals surface area (Å²) < 4.78 is 1.88. The van der Waals surface area contributed by atoms with Crippen molar-refractivity contribution < 1.29 is 9.72 Å². The maximum absolute atomic E-state index is 13.7. The molecule has 10 heteroatoms. The lowest BCUT2D eigenvalue weighted by Crippen LogP contribution is -2.61. The first-order valence-corrected chi connectivity index (χ1v) is 14.1. The number of nitrogens with zero attached hydrogens (tertiary/aromatic N) is 4. The van der Waals surface area contributed by atoms with Gasteiger partial charge in [0.2, 0.25) is 5.91 Å². The summed E-state index contributed by atoms with van der Waals surface area (Å²) in [6, 6.07) is 10.4. The highest BCUT2D eigenvalue weighted by molar-refractivity contribution is 7.09. The second-order valence-corrected chi connectivity index (χ2v) is 11.9. The van der Waals surface area contributed by atoms with Gasteiger partial charge < -0.3 is 14.8 Å². The molecule has 1 fully saturated rings. The Morgan fingerprint density at radius 1 is 1.26 bits per heavy atom. The molecule has 1 saturated heterocycles. The molecule has 6 rings (SSSR count). The molecule has 9 nitrogen and oxygen atoms in total. The minimum Gasteiger partial charge on any atom is -0.366 e. The van der Waals surface area contributed by atoms with Crippen LogP contribution < -0.4 is 15.8 Å². The predicted octanol–water partition coefficient (Wildman–Crippen LogP) is 3.86. The van der Waals surface area contributed by atoms with Gasteiger partial charge in [0.25, 0.3) is 11.2 Å². The summed E-state index contributed by atoms with van der Waals surface area (Å²) >= 11 is 1.62. The van der Waals surface area contributed by atoms with Crippen molar-refractivity contribution >= 4 is 28.6 Å². The summed E-state index contributed by atoms with van der Waals surface area (Å²) in [7, 11) is 0. The molecular weight excluding hydrogens is 502 g/mol. The summed E-state index contributed by atoms with van der Waals surface area (Å²) in [6.45, 7) is 5.98. The molecular formula is C28H31N5O4S. The number of fused-ring (bicyclic) bond motifs is 8. The van der Waals surface area contributed by atoms with Crippen LogP contribution in [0.2, 0.25) is 0 Å². The Labute approximate surface area is 224 Å². The molecule has 3 aliphatic heterocycles. The summed E-state index contributed by atoms with van der Waals surface area (Å²) in [5.41, 5.74) is 3.95. The fourth-order valence-electron chi connectivity index (χ4n) is 6.58. The number of aromatic nitrogens is 2. The van der Waals surface area contributed by atoms with Crippen LogP contribution >= 0.6 is 11.3 Å². The van der Waals surface area contributed by atoms with Crippen LogP contribution in [0.5, 0.6) is 0 Å². The zero-order chi connectivity index (χ0) is 26.6. The third kappa shape index (κ3) is 4.30. The van der Waals surface area contributed by atoms with Crippen LogP contribution in [0.1, 0.15) is 54.1 Å². The number of anilines is 1. The van der Waals surface area contributed by atoms with Crippen molar-refractivity contribution in [1.29, 1.82) is 0 Å². The molecule has 0 spiro atoms. The molecule has 4 atom stereocenters. The largest absolute Gasteiger partial charge is 0.366 e. The lowest BCUT2D eigenvalue weighted by atomic mass is 9.70. The lowest BCUT2D eigenvalue weighted by molar-refractivity contribution is -0.384. The summed E-state index contributed by atoms with van der Waals surface area (Å²) in [4.78, 5) is 44.5. The van der Waals surface area contributed by atoms with Gasteiger partial charge in [-0.15, -0.1) is 11.3 Å². The molecule has 3 aliphatic rings. The third-order valence-electron chi connectivity index (χ3n) is 8.34. The number of hydrogen-bond donors (Lipinski definition) is 1. The molecule has 0 aliphatic carbocycles. The van der Waals surface area contributed by atoms with E-state index in [4.69, 9.17) is 0 Å². The van der Waals surface area contributed by atoms with Gasteiger partial charge in [-0.05, 0) is 42.4 Å². The maximum Gasteiger partial charge on any atom is 0.269 e. The van der Waals surface area contributed by atoms with E-state index in [0.29, 0.717) is 38.4 Å². The van der Waals surface area contributed by atoms with E-state index in [1.165, 1.54) is 0 Å². The molecule has 1 N–H and O–H groups in total. The predicted molar refractivity (Wildman–Crippen MR) is 146 cm³/mol. The zero-order valence-corrected chi connectivity index (χ0v) is 22.3. The first-order valence-electron chi connectivity index (χ1n) is 13.3. The van der Waals surface area contributed by atoms with Crippen LogP contribution in [0.25, 0.3) is 0 Å². The minimum atomic E-state index is -0.380. The van der Waals surface area contributed by atoms with Crippen molar-refractivity contribution in [2.75, 3.05) is 18.0 Å². The SMILES string of the molecule is CC(C)c1csc(CCNC(=O)[C@@H]2Cc3cc([N+](=O)[O-])ccc3N3CC4CC(Cn5c4cccc5=O)[C@@H]23)n1. The van der Waals surface area contributed by atoms with Crippen LogP contribution in [-0.4, -0.2) is 39.5 Å². The van der Waals surface area contributed by atoms with Gasteiger partial charge in [0.05, 0.1) is 21.5 Å². The van der Waals surface area contributed by atoms with Crippen molar-refractivity contribution in [3.8, 4) is 0 Å². The highest BCUT2D eigenvalue weighted by atomic mass is 32.1. The van der Waals surface area contributed by atoms with Crippen LogP contribution in [0.4, 0.5) is 11.4 Å². The van der Waals surface area contributed by atoms with E-state index >= 15 is 0 Å². The molecule has 198 valence electrons. The number of carbonyl (C=O) groups excluding carboxylic acids is 1. The average molecular weight is 534 g/mol. The number of amides is 1. The molecule has 3 aromatic rings. The van der Waals surface area contributed by atoms with E-state index < -0.39 is 0 Å². The van der Waals surface area contributed by atoms with E-state index in [2.05, 4.69) is 34.4 Å². The molecule has 0 radical (unpaired) electrons. The van der Waals surface area contributed by atoms with Crippen molar-refractivity contribution in [3.05, 3.63) is 84.2 Å². The number of nitrogens with one attached hydrogen (secondary N) is 1. The standard InChI is InChI=1S/C28H31N5O4S/c1-16(2)22-15-38-25(30-22)8-9-29-28(35)21-12-17-11-20(33(36)37)6-7-24(17)32-13-18-10-19(27(21)32)14-31-23(18)4-3-5-26(31)34/h3-7,11,15-16,18-19,21,27H,8-10,12-14H2,1-2H3,(H,29,35)/t18?,19?,21-,27+/m1/s1. The normalized spacial score (nSPS) is 23.4.